The number of nitrogens with one attached hydrogen (secondary N) is 1. The molecule has 2 rings (SSSR count). The van der Waals surface area contributed by atoms with Crippen molar-refractivity contribution in [3.8, 4) is 17.0 Å². The molecule has 0 bridgehead atoms. The highest BCUT2D eigenvalue weighted by Gasteiger charge is 2.14. The van der Waals surface area contributed by atoms with Crippen LogP contribution in [0.2, 0.25) is 0 Å². The zero-order valence-corrected chi connectivity index (χ0v) is 12.4. The fourth-order valence-electron chi connectivity index (χ4n) is 2.41. The van der Waals surface area contributed by atoms with Crippen LogP contribution in [0.1, 0.15) is 30.0 Å². The summed E-state index contributed by atoms with van der Waals surface area (Å²) in [6.07, 6.45) is 3.11. The number of hydrogen-bond acceptors (Lipinski definition) is 3. The molecule has 4 nitrogen and oxygen atoms in total. The summed E-state index contributed by atoms with van der Waals surface area (Å²) < 4.78 is 5.33. The van der Waals surface area contributed by atoms with Crippen molar-refractivity contribution in [1.29, 1.82) is 0 Å². The van der Waals surface area contributed by atoms with Crippen LogP contribution in [0, 0.1) is 13.8 Å². The van der Waals surface area contributed by atoms with Crippen molar-refractivity contribution in [2.75, 3.05) is 7.11 Å². The highest BCUT2D eigenvalue weighted by Crippen LogP contribution is 2.30. The van der Waals surface area contributed by atoms with Gasteiger partial charge < -0.3 is 9.72 Å². The number of aryl methyl sites for hydroxylation is 2. The van der Waals surface area contributed by atoms with Crippen LogP contribution in [-0.4, -0.2) is 17.1 Å². The lowest BCUT2D eigenvalue weighted by Gasteiger charge is -2.13. The van der Waals surface area contributed by atoms with E-state index in [0.29, 0.717) is 0 Å². The number of rotatable bonds is 4. The summed E-state index contributed by atoms with van der Waals surface area (Å²) in [6, 6.07) is 4.03. The third kappa shape index (κ3) is 2.59. The average molecular weight is 272 g/mol. The number of nitrogens with zero attached hydrogens (tertiary/aromatic N) is 1. The Morgan fingerprint density at radius 1 is 1.25 bits per heavy atom. The van der Waals surface area contributed by atoms with Crippen LogP contribution in [0.3, 0.4) is 0 Å². The van der Waals surface area contributed by atoms with E-state index in [1.807, 2.05) is 26.0 Å². The van der Waals surface area contributed by atoms with Gasteiger partial charge in [0.25, 0.3) is 5.56 Å². The summed E-state index contributed by atoms with van der Waals surface area (Å²) in [4.78, 5) is 19.1. The van der Waals surface area contributed by atoms with Crippen LogP contribution in [0.5, 0.6) is 5.75 Å². The van der Waals surface area contributed by atoms with E-state index in [0.717, 1.165) is 46.5 Å². The number of H-pyrrole nitrogens is 1. The van der Waals surface area contributed by atoms with Crippen LogP contribution < -0.4 is 10.3 Å². The van der Waals surface area contributed by atoms with Crippen LogP contribution in [0.15, 0.2) is 23.3 Å². The minimum atomic E-state index is -0.0512. The highest BCUT2D eigenvalue weighted by molar-refractivity contribution is 5.68. The molecule has 0 spiro atoms. The molecule has 0 aliphatic heterocycles. The number of aromatic nitrogens is 2. The number of aromatic amines is 1. The third-order valence-electron chi connectivity index (χ3n) is 3.45. The molecule has 0 unspecified atom stereocenters. The van der Waals surface area contributed by atoms with Crippen LogP contribution in [0.4, 0.5) is 0 Å². The lowest BCUT2D eigenvalue weighted by molar-refractivity contribution is 0.411. The maximum Gasteiger partial charge on any atom is 0.254 e. The second kappa shape index (κ2) is 5.90. The van der Waals surface area contributed by atoms with Gasteiger partial charge in [0.15, 0.2) is 0 Å². The summed E-state index contributed by atoms with van der Waals surface area (Å²) in [5.74, 6) is 0.855. The van der Waals surface area contributed by atoms with Crippen molar-refractivity contribution in [2.45, 2.75) is 33.6 Å². The van der Waals surface area contributed by atoms with Gasteiger partial charge in [-0.3, -0.25) is 4.79 Å². The SMILES string of the molecule is CCCc1c(-c2cc(C)c(OC)cc2C)nc[nH]c1=O. The maximum atomic E-state index is 12.0. The van der Waals surface area contributed by atoms with E-state index in [-0.39, 0.29) is 5.56 Å². The fourth-order valence-corrected chi connectivity index (χ4v) is 2.41. The van der Waals surface area contributed by atoms with Gasteiger partial charge in [0.05, 0.1) is 19.1 Å². The molecular weight excluding hydrogens is 252 g/mol. The van der Waals surface area contributed by atoms with Gasteiger partial charge in [-0.05, 0) is 43.5 Å². The van der Waals surface area contributed by atoms with Gasteiger partial charge in [-0.1, -0.05) is 13.3 Å². The van der Waals surface area contributed by atoms with E-state index in [9.17, 15) is 4.79 Å². The molecular formula is C16H20N2O2. The molecule has 0 atom stereocenters. The zero-order chi connectivity index (χ0) is 14.7. The molecule has 2 aromatic rings. The third-order valence-corrected chi connectivity index (χ3v) is 3.45. The van der Waals surface area contributed by atoms with Gasteiger partial charge in [-0.25, -0.2) is 4.98 Å². The normalized spacial score (nSPS) is 10.6. The molecule has 4 heteroatoms. The van der Waals surface area contributed by atoms with Crippen LogP contribution in [0.25, 0.3) is 11.3 Å². The number of ether oxygens (including phenoxy) is 1. The molecule has 106 valence electrons. The predicted molar refractivity (Wildman–Crippen MR) is 80.3 cm³/mol. The Bertz CT molecular complexity index is 675. The Morgan fingerprint density at radius 3 is 2.65 bits per heavy atom. The van der Waals surface area contributed by atoms with Gasteiger partial charge in [0.2, 0.25) is 0 Å². The van der Waals surface area contributed by atoms with Crippen LogP contribution in [-0.2, 0) is 6.42 Å². The first kappa shape index (κ1) is 14.3. The highest BCUT2D eigenvalue weighted by atomic mass is 16.5. The second-order valence-corrected chi connectivity index (χ2v) is 4.95. The van der Waals surface area contributed by atoms with E-state index in [1.54, 1.807) is 7.11 Å². The lowest BCUT2D eigenvalue weighted by Crippen LogP contribution is -2.15. The first-order valence-electron chi connectivity index (χ1n) is 6.80. The minimum Gasteiger partial charge on any atom is -0.496 e. The Balaban J connectivity index is 2.66. The molecule has 0 saturated heterocycles. The summed E-state index contributed by atoms with van der Waals surface area (Å²) in [6.45, 7) is 6.06. The molecule has 0 aliphatic carbocycles. The predicted octanol–water partition coefficient (Wildman–Crippen LogP) is 3.01. The summed E-state index contributed by atoms with van der Waals surface area (Å²) in [5.41, 5.74) is 4.57. The quantitative estimate of drug-likeness (QED) is 0.930. The van der Waals surface area contributed by atoms with Gasteiger partial charge in [0.1, 0.15) is 5.75 Å². The van der Waals surface area contributed by atoms with E-state index in [1.165, 1.54) is 6.33 Å². The molecule has 0 radical (unpaired) electrons. The molecule has 1 aromatic carbocycles. The lowest BCUT2D eigenvalue weighted by atomic mass is 9.97. The van der Waals surface area contributed by atoms with E-state index < -0.39 is 0 Å². The van der Waals surface area contributed by atoms with Crippen molar-refractivity contribution in [3.05, 3.63) is 45.5 Å². The molecule has 20 heavy (non-hydrogen) atoms. The monoisotopic (exact) mass is 272 g/mol. The largest absolute Gasteiger partial charge is 0.496 e. The van der Waals surface area contributed by atoms with Crippen molar-refractivity contribution < 1.29 is 4.74 Å². The van der Waals surface area contributed by atoms with Crippen molar-refractivity contribution in [2.24, 2.45) is 0 Å². The van der Waals surface area contributed by atoms with E-state index in [2.05, 4.69) is 16.9 Å². The van der Waals surface area contributed by atoms with Crippen LogP contribution >= 0.6 is 0 Å². The molecule has 1 aromatic heterocycles. The average Bonchev–Trinajstić information content (AvgIpc) is 2.43. The van der Waals surface area contributed by atoms with Crippen molar-refractivity contribution in [3.63, 3.8) is 0 Å². The first-order chi connectivity index (χ1) is 9.58. The fraction of sp³-hybridized carbons (Fsp3) is 0.375. The zero-order valence-electron chi connectivity index (χ0n) is 12.4. The summed E-state index contributed by atoms with van der Waals surface area (Å²) in [7, 11) is 1.66. The first-order valence-corrected chi connectivity index (χ1v) is 6.80. The minimum absolute atomic E-state index is 0.0512. The van der Waals surface area contributed by atoms with Crippen molar-refractivity contribution in [1.82, 2.24) is 9.97 Å². The number of benzene rings is 1. The standard InChI is InChI=1S/C16H20N2O2/c1-5-6-12-15(17-9-18-16(12)19)13-7-11(3)14(20-4)8-10(13)2/h7-9H,5-6H2,1-4H3,(H,17,18,19). The Morgan fingerprint density at radius 2 is 2.00 bits per heavy atom. The van der Waals surface area contributed by atoms with Crippen molar-refractivity contribution >= 4 is 0 Å². The molecule has 1 heterocycles. The summed E-state index contributed by atoms with van der Waals surface area (Å²) >= 11 is 0. The molecule has 1 N–H and O–H groups in total. The smallest absolute Gasteiger partial charge is 0.254 e. The topological polar surface area (TPSA) is 55.0 Å². The van der Waals surface area contributed by atoms with E-state index >= 15 is 0 Å². The second-order valence-electron chi connectivity index (χ2n) is 4.95. The van der Waals surface area contributed by atoms with Gasteiger partial charge in [-0.2, -0.15) is 0 Å². The van der Waals surface area contributed by atoms with Gasteiger partial charge in [0, 0.05) is 11.1 Å². The van der Waals surface area contributed by atoms with Gasteiger partial charge >= 0.3 is 0 Å². The number of hydrogen-bond donors (Lipinski definition) is 1. The molecule has 0 aliphatic rings. The Hall–Kier alpha value is -2.10. The summed E-state index contributed by atoms with van der Waals surface area (Å²) in [5, 5.41) is 0. The number of methoxy groups -OCH3 is 1. The molecule has 0 fully saturated rings. The van der Waals surface area contributed by atoms with Gasteiger partial charge in [-0.15, -0.1) is 0 Å². The van der Waals surface area contributed by atoms with E-state index in [4.69, 9.17) is 4.74 Å². The molecule has 0 saturated carbocycles. The Kier molecular flexibility index (Phi) is 4.23. The molecule has 0 amide bonds. The Labute approximate surface area is 118 Å². The maximum absolute atomic E-state index is 12.0.